The highest BCUT2D eigenvalue weighted by molar-refractivity contribution is 6.05. The van der Waals surface area contributed by atoms with Crippen LogP contribution in [0.2, 0.25) is 0 Å². The minimum atomic E-state index is 0.0494. The molecule has 1 fully saturated rings. The number of hydrazone groups is 1. The SMILES string of the molecule is CCc1ccccc1C1=NNc2ncc(-c3cccc(C(=O)N4CCOCC4)c3)cc2C1. The summed E-state index contributed by atoms with van der Waals surface area (Å²) < 4.78 is 5.37. The number of hydrogen-bond donors (Lipinski definition) is 1. The Morgan fingerprint density at radius 1 is 1.06 bits per heavy atom. The van der Waals surface area contributed by atoms with Gasteiger partial charge in [-0.1, -0.05) is 43.3 Å². The molecule has 3 heterocycles. The third-order valence-electron chi connectivity index (χ3n) is 6.07. The van der Waals surface area contributed by atoms with Crippen LogP contribution < -0.4 is 5.43 Å². The van der Waals surface area contributed by atoms with Crippen LogP contribution in [0.15, 0.2) is 65.9 Å². The number of aryl methyl sites for hydroxylation is 1. The van der Waals surface area contributed by atoms with Crippen LogP contribution in [0.25, 0.3) is 11.1 Å². The van der Waals surface area contributed by atoms with E-state index in [0.717, 1.165) is 34.6 Å². The molecule has 1 aromatic heterocycles. The van der Waals surface area contributed by atoms with Crippen molar-refractivity contribution in [2.45, 2.75) is 19.8 Å². The number of nitrogens with one attached hydrogen (secondary N) is 1. The summed E-state index contributed by atoms with van der Waals surface area (Å²) >= 11 is 0. The van der Waals surface area contributed by atoms with Gasteiger partial charge in [0.1, 0.15) is 5.82 Å². The number of anilines is 1. The number of morpholine rings is 1. The summed E-state index contributed by atoms with van der Waals surface area (Å²) in [5, 5.41) is 4.58. The van der Waals surface area contributed by atoms with E-state index in [0.29, 0.717) is 38.3 Å². The molecular formula is C26H26N4O2. The van der Waals surface area contributed by atoms with Gasteiger partial charge < -0.3 is 9.64 Å². The average Bonchev–Trinajstić information content (AvgIpc) is 2.88. The van der Waals surface area contributed by atoms with Crippen LogP contribution in [0.5, 0.6) is 0 Å². The van der Waals surface area contributed by atoms with E-state index in [-0.39, 0.29) is 5.91 Å². The number of benzene rings is 2. The number of amides is 1. The summed E-state index contributed by atoms with van der Waals surface area (Å²) in [7, 11) is 0. The predicted octanol–water partition coefficient (Wildman–Crippen LogP) is 4.16. The zero-order valence-electron chi connectivity index (χ0n) is 18.2. The molecule has 0 unspecified atom stereocenters. The number of carbonyl (C=O) groups is 1. The number of pyridine rings is 1. The van der Waals surface area contributed by atoms with Gasteiger partial charge in [0.15, 0.2) is 0 Å². The van der Waals surface area contributed by atoms with Crippen LogP contribution in [0, 0.1) is 0 Å². The van der Waals surface area contributed by atoms with Crippen molar-refractivity contribution in [2.24, 2.45) is 5.10 Å². The van der Waals surface area contributed by atoms with E-state index in [2.05, 4.69) is 52.8 Å². The summed E-state index contributed by atoms with van der Waals surface area (Å²) in [5.41, 5.74) is 10.4. The van der Waals surface area contributed by atoms with E-state index >= 15 is 0 Å². The van der Waals surface area contributed by atoms with Crippen molar-refractivity contribution in [3.63, 3.8) is 0 Å². The summed E-state index contributed by atoms with van der Waals surface area (Å²) in [4.78, 5) is 19.4. The van der Waals surface area contributed by atoms with Crippen LogP contribution in [0.4, 0.5) is 5.82 Å². The molecule has 0 bridgehead atoms. The maximum absolute atomic E-state index is 12.9. The minimum absolute atomic E-state index is 0.0494. The van der Waals surface area contributed by atoms with Crippen molar-refractivity contribution in [3.05, 3.63) is 83.0 Å². The van der Waals surface area contributed by atoms with Gasteiger partial charge in [0.2, 0.25) is 0 Å². The van der Waals surface area contributed by atoms with Crippen molar-refractivity contribution in [3.8, 4) is 11.1 Å². The first kappa shape index (κ1) is 20.4. The first-order chi connectivity index (χ1) is 15.7. The Labute approximate surface area is 187 Å². The smallest absolute Gasteiger partial charge is 0.254 e. The average molecular weight is 427 g/mol. The molecule has 0 saturated carbocycles. The van der Waals surface area contributed by atoms with Gasteiger partial charge in [0.05, 0.1) is 18.9 Å². The Bertz CT molecular complexity index is 1180. The largest absolute Gasteiger partial charge is 0.378 e. The Balaban J connectivity index is 1.41. The fraction of sp³-hybridized carbons (Fsp3) is 0.269. The van der Waals surface area contributed by atoms with E-state index in [1.807, 2.05) is 35.4 Å². The molecule has 6 nitrogen and oxygen atoms in total. The maximum atomic E-state index is 12.9. The van der Waals surface area contributed by atoms with E-state index in [1.165, 1.54) is 11.1 Å². The fourth-order valence-corrected chi connectivity index (χ4v) is 4.29. The van der Waals surface area contributed by atoms with Gasteiger partial charge in [-0.3, -0.25) is 10.2 Å². The molecule has 2 aliphatic rings. The highest BCUT2D eigenvalue weighted by Crippen LogP contribution is 2.28. The summed E-state index contributed by atoms with van der Waals surface area (Å²) in [5.74, 6) is 0.834. The molecule has 0 radical (unpaired) electrons. The molecular weight excluding hydrogens is 400 g/mol. The Kier molecular flexibility index (Phi) is 5.69. The van der Waals surface area contributed by atoms with Crippen LogP contribution in [0.3, 0.4) is 0 Å². The Morgan fingerprint density at radius 3 is 2.75 bits per heavy atom. The third kappa shape index (κ3) is 4.01. The lowest BCUT2D eigenvalue weighted by Gasteiger charge is -2.27. The van der Waals surface area contributed by atoms with Gasteiger partial charge in [-0.15, -0.1) is 0 Å². The molecule has 0 spiro atoms. The molecule has 32 heavy (non-hydrogen) atoms. The number of aromatic nitrogens is 1. The summed E-state index contributed by atoms with van der Waals surface area (Å²) in [6, 6.07) is 18.3. The van der Waals surface area contributed by atoms with Gasteiger partial charge >= 0.3 is 0 Å². The lowest BCUT2D eigenvalue weighted by molar-refractivity contribution is 0.0303. The lowest BCUT2D eigenvalue weighted by Crippen LogP contribution is -2.40. The quantitative estimate of drug-likeness (QED) is 0.680. The molecule has 0 aliphatic carbocycles. The molecule has 0 atom stereocenters. The van der Waals surface area contributed by atoms with Gasteiger partial charge in [-0.05, 0) is 35.7 Å². The van der Waals surface area contributed by atoms with Gasteiger partial charge in [0.25, 0.3) is 5.91 Å². The van der Waals surface area contributed by atoms with Crippen molar-refractivity contribution in [2.75, 3.05) is 31.7 Å². The summed E-state index contributed by atoms with van der Waals surface area (Å²) in [6.45, 7) is 4.62. The molecule has 6 heteroatoms. The Morgan fingerprint density at radius 2 is 1.91 bits per heavy atom. The van der Waals surface area contributed by atoms with Crippen molar-refractivity contribution in [1.82, 2.24) is 9.88 Å². The first-order valence-corrected chi connectivity index (χ1v) is 11.1. The van der Waals surface area contributed by atoms with Gasteiger partial charge in [-0.25, -0.2) is 4.98 Å². The number of nitrogens with zero attached hydrogens (tertiary/aromatic N) is 3. The van der Waals surface area contributed by atoms with Gasteiger partial charge in [0, 0.05) is 48.0 Å². The van der Waals surface area contributed by atoms with Crippen molar-refractivity contribution < 1.29 is 9.53 Å². The third-order valence-corrected chi connectivity index (χ3v) is 6.07. The topological polar surface area (TPSA) is 66.8 Å². The molecule has 1 amide bonds. The molecule has 5 rings (SSSR count). The number of fused-ring (bicyclic) bond motifs is 1. The second kappa shape index (κ2) is 8.93. The molecule has 2 aliphatic heterocycles. The maximum Gasteiger partial charge on any atom is 0.254 e. The predicted molar refractivity (Wildman–Crippen MR) is 126 cm³/mol. The Hall–Kier alpha value is -3.51. The van der Waals surface area contributed by atoms with Crippen LogP contribution in [0.1, 0.15) is 34.0 Å². The van der Waals surface area contributed by atoms with E-state index < -0.39 is 0 Å². The number of hydrogen-bond acceptors (Lipinski definition) is 5. The standard InChI is InChI=1S/C26H26N4O2/c1-2-18-6-3-4-9-23(18)24-16-21-15-22(17-27-25(21)29-28-24)19-7-5-8-20(14-19)26(31)30-10-12-32-13-11-30/h3-9,14-15,17H,2,10-13,16H2,1H3,(H,27,29). The monoisotopic (exact) mass is 426 g/mol. The molecule has 162 valence electrons. The fourth-order valence-electron chi connectivity index (χ4n) is 4.29. The number of ether oxygens (including phenoxy) is 1. The summed E-state index contributed by atoms with van der Waals surface area (Å²) in [6.07, 6.45) is 3.52. The molecule has 3 aromatic rings. The number of carbonyl (C=O) groups excluding carboxylic acids is 1. The van der Waals surface area contributed by atoms with E-state index in [9.17, 15) is 4.79 Å². The lowest BCUT2D eigenvalue weighted by atomic mass is 9.94. The second-order valence-electron chi connectivity index (χ2n) is 8.07. The van der Waals surface area contributed by atoms with E-state index in [1.54, 1.807) is 0 Å². The van der Waals surface area contributed by atoms with Crippen LogP contribution in [-0.4, -0.2) is 47.8 Å². The van der Waals surface area contributed by atoms with Crippen LogP contribution in [-0.2, 0) is 17.6 Å². The zero-order chi connectivity index (χ0) is 21.9. The highest BCUT2D eigenvalue weighted by Gasteiger charge is 2.20. The number of rotatable bonds is 4. The normalized spacial score (nSPS) is 15.5. The first-order valence-electron chi connectivity index (χ1n) is 11.1. The van der Waals surface area contributed by atoms with Gasteiger partial charge in [-0.2, -0.15) is 5.10 Å². The molecule has 2 aromatic carbocycles. The molecule has 1 N–H and O–H groups in total. The van der Waals surface area contributed by atoms with Crippen LogP contribution >= 0.6 is 0 Å². The highest BCUT2D eigenvalue weighted by atomic mass is 16.5. The van der Waals surface area contributed by atoms with Crippen molar-refractivity contribution >= 4 is 17.4 Å². The zero-order valence-corrected chi connectivity index (χ0v) is 18.2. The molecule has 1 saturated heterocycles. The van der Waals surface area contributed by atoms with E-state index in [4.69, 9.17) is 4.74 Å². The second-order valence-corrected chi connectivity index (χ2v) is 8.07. The van der Waals surface area contributed by atoms with Crippen molar-refractivity contribution in [1.29, 1.82) is 0 Å². The minimum Gasteiger partial charge on any atom is -0.378 e.